The quantitative estimate of drug-likeness (QED) is 0.802. The largest absolute Gasteiger partial charge is 0.469 e. The molecule has 2 rings (SSSR count). The smallest absolute Gasteiger partial charge is 0.311 e. The second-order valence-corrected chi connectivity index (χ2v) is 4.63. The summed E-state index contributed by atoms with van der Waals surface area (Å²) in [5.41, 5.74) is 2.85. The van der Waals surface area contributed by atoms with E-state index in [2.05, 4.69) is 25.2 Å². The van der Waals surface area contributed by atoms with E-state index in [1.807, 2.05) is 12.3 Å². The zero-order valence-electron chi connectivity index (χ0n) is 10.2. The standard InChI is InChI=1S/C11H14N4O2S/c1-7-8(5-13-15-7)4-12-11-14-9(6-18-11)3-10(16)17-2/h5-6H,3-4H2,1-2H3,(H,12,14)(H,13,15). The van der Waals surface area contributed by atoms with Crippen molar-refractivity contribution in [2.24, 2.45) is 0 Å². The number of rotatable bonds is 5. The molecule has 0 amide bonds. The maximum absolute atomic E-state index is 11.1. The Hall–Kier alpha value is -1.89. The fraction of sp³-hybridized carbons (Fsp3) is 0.364. The molecule has 96 valence electrons. The van der Waals surface area contributed by atoms with Crippen LogP contribution in [0.4, 0.5) is 5.13 Å². The SMILES string of the molecule is COC(=O)Cc1csc(NCc2cn[nH]c2C)n1. The van der Waals surface area contributed by atoms with E-state index in [1.54, 1.807) is 6.20 Å². The number of ether oxygens (including phenoxy) is 1. The predicted octanol–water partition coefficient (Wildman–Crippen LogP) is 1.50. The summed E-state index contributed by atoms with van der Waals surface area (Å²) in [6.07, 6.45) is 1.99. The van der Waals surface area contributed by atoms with Gasteiger partial charge in [-0.1, -0.05) is 0 Å². The Morgan fingerprint density at radius 2 is 2.44 bits per heavy atom. The van der Waals surface area contributed by atoms with Gasteiger partial charge in [0.1, 0.15) is 0 Å². The Kier molecular flexibility index (Phi) is 3.93. The summed E-state index contributed by atoms with van der Waals surface area (Å²) in [5.74, 6) is -0.280. The number of nitrogens with one attached hydrogen (secondary N) is 2. The third kappa shape index (κ3) is 3.07. The number of aryl methyl sites for hydroxylation is 1. The summed E-state index contributed by atoms with van der Waals surface area (Å²) in [4.78, 5) is 15.4. The van der Waals surface area contributed by atoms with Gasteiger partial charge in [-0.05, 0) is 6.92 Å². The van der Waals surface area contributed by atoms with Gasteiger partial charge in [-0.15, -0.1) is 11.3 Å². The Labute approximate surface area is 108 Å². The van der Waals surface area contributed by atoms with Crippen molar-refractivity contribution in [3.63, 3.8) is 0 Å². The average molecular weight is 266 g/mol. The fourth-order valence-corrected chi connectivity index (χ4v) is 2.12. The molecule has 0 bridgehead atoms. The number of carbonyl (C=O) groups excluding carboxylic acids is 1. The van der Waals surface area contributed by atoms with Crippen LogP contribution in [0.2, 0.25) is 0 Å². The second-order valence-electron chi connectivity index (χ2n) is 3.77. The maximum Gasteiger partial charge on any atom is 0.311 e. The van der Waals surface area contributed by atoms with Crippen LogP contribution in [0.25, 0.3) is 0 Å². The summed E-state index contributed by atoms with van der Waals surface area (Å²) < 4.78 is 4.59. The Bertz CT molecular complexity index is 535. The number of H-pyrrole nitrogens is 1. The number of aromatic amines is 1. The molecule has 2 N–H and O–H groups in total. The highest BCUT2D eigenvalue weighted by Crippen LogP contribution is 2.17. The van der Waals surface area contributed by atoms with E-state index >= 15 is 0 Å². The molecule has 0 fully saturated rings. The van der Waals surface area contributed by atoms with E-state index in [-0.39, 0.29) is 12.4 Å². The van der Waals surface area contributed by atoms with Gasteiger partial charge < -0.3 is 10.1 Å². The molecule has 0 aliphatic carbocycles. The minimum absolute atomic E-state index is 0.208. The molecule has 2 heterocycles. The molecule has 18 heavy (non-hydrogen) atoms. The zero-order chi connectivity index (χ0) is 13.0. The lowest BCUT2D eigenvalue weighted by Gasteiger charge is -2.00. The monoisotopic (exact) mass is 266 g/mol. The highest BCUT2D eigenvalue weighted by atomic mass is 32.1. The molecule has 0 unspecified atom stereocenters. The summed E-state index contributed by atoms with van der Waals surface area (Å²) in [6.45, 7) is 2.63. The van der Waals surface area contributed by atoms with E-state index < -0.39 is 0 Å². The van der Waals surface area contributed by atoms with Gasteiger partial charge in [0.2, 0.25) is 0 Å². The highest BCUT2D eigenvalue weighted by Gasteiger charge is 2.08. The number of hydrogen-bond acceptors (Lipinski definition) is 6. The van der Waals surface area contributed by atoms with Gasteiger partial charge in [0.05, 0.1) is 25.4 Å². The minimum Gasteiger partial charge on any atom is -0.469 e. The Morgan fingerprint density at radius 1 is 1.61 bits per heavy atom. The number of carbonyl (C=O) groups is 1. The third-order valence-electron chi connectivity index (χ3n) is 2.47. The molecule has 0 aliphatic heterocycles. The van der Waals surface area contributed by atoms with Gasteiger partial charge in [-0.25, -0.2) is 4.98 Å². The second kappa shape index (κ2) is 5.63. The van der Waals surface area contributed by atoms with Crippen molar-refractivity contribution in [3.05, 3.63) is 28.5 Å². The highest BCUT2D eigenvalue weighted by molar-refractivity contribution is 7.13. The topological polar surface area (TPSA) is 79.9 Å². The first-order valence-electron chi connectivity index (χ1n) is 5.43. The average Bonchev–Trinajstić information content (AvgIpc) is 2.96. The van der Waals surface area contributed by atoms with Crippen LogP contribution < -0.4 is 5.32 Å². The van der Waals surface area contributed by atoms with Crippen molar-refractivity contribution < 1.29 is 9.53 Å². The molecule has 0 saturated carbocycles. The molecule has 7 heteroatoms. The summed E-state index contributed by atoms with van der Waals surface area (Å²) in [6, 6.07) is 0. The van der Waals surface area contributed by atoms with Crippen LogP contribution in [0, 0.1) is 6.92 Å². The molecule has 0 aliphatic rings. The maximum atomic E-state index is 11.1. The zero-order valence-corrected chi connectivity index (χ0v) is 11.0. The van der Waals surface area contributed by atoms with Gasteiger partial charge >= 0.3 is 5.97 Å². The van der Waals surface area contributed by atoms with Gasteiger partial charge in [0.25, 0.3) is 0 Å². The first kappa shape index (κ1) is 12.6. The lowest BCUT2D eigenvalue weighted by Crippen LogP contribution is -2.05. The number of hydrogen-bond donors (Lipinski definition) is 2. The van der Waals surface area contributed by atoms with Crippen LogP contribution in [0.1, 0.15) is 17.0 Å². The van der Waals surface area contributed by atoms with E-state index in [1.165, 1.54) is 18.4 Å². The molecule has 0 spiro atoms. The molecule has 6 nitrogen and oxygen atoms in total. The number of anilines is 1. The van der Waals surface area contributed by atoms with Crippen LogP contribution in [0.15, 0.2) is 11.6 Å². The molecule has 0 aromatic carbocycles. The normalized spacial score (nSPS) is 10.3. The number of nitrogens with zero attached hydrogens (tertiary/aromatic N) is 2. The van der Waals surface area contributed by atoms with Gasteiger partial charge in [0, 0.05) is 23.2 Å². The number of esters is 1. The molecular formula is C11H14N4O2S. The minimum atomic E-state index is -0.280. The predicted molar refractivity (Wildman–Crippen MR) is 68.5 cm³/mol. The van der Waals surface area contributed by atoms with Gasteiger partial charge in [0.15, 0.2) is 5.13 Å². The van der Waals surface area contributed by atoms with Crippen molar-refractivity contribution in [1.29, 1.82) is 0 Å². The van der Waals surface area contributed by atoms with Crippen molar-refractivity contribution in [2.75, 3.05) is 12.4 Å². The molecule has 2 aromatic rings. The van der Waals surface area contributed by atoms with E-state index in [9.17, 15) is 4.79 Å². The van der Waals surface area contributed by atoms with Gasteiger partial charge in [-0.2, -0.15) is 5.10 Å². The summed E-state index contributed by atoms with van der Waals surface area (Å²) >= 11 is 1.47. The first-order valence-corrected chi connectivity index (χ1v) is 6.31. The summed E-state index contributed by atoms with van der Waals surface area (Å²) in [5, 5.41) is 12.7. The molecular weight excluding hydrogens is 252 g/mol. The van der Waals surface area contributed by atoms with Crippen LogP contribution in [-0.4, -0.2) is 28.3 Å². The first-order chi connectivity index (χ1) is 8.69. The van der Waals surface area contributed by atoms with E-state index in [0.29, 0.717) is 6.54 Å². The molecule has 0 radical (unpaired) electrons. The van der Waals surface area contributed by atoms with E-state index in [4.69, 9.17) is 0 Å². The molecule has 2 aromatic heterocycles. The van der Waals surface area contributed by atoms with Crippen LogP contribution >= 0.6 is 11.3 Å². The van der Waals surface area contributed by atoms with Crippen molar-refractivity contribution >= 4 is 22.4 Å². The molecule has 0 saturated heterocycles. The van der Waals surface area contributed by atoms with Crippen LogP contribution in [0.3, 0.4) is 0 Å². The number of thiazole rings is 1. The lowest BCUT2D eigenvalue weighted by molar-refractivity contribution is -0.139. The molecule has 0 atom stereocenters. The fourth-order valence-electron chi connectivity index (χ4n) is 1.41. The van der Waals surface area contributed by atoms with E-state index in [0.717, 1.165) is 22.1 Å². The van der Waals surface area contributed by atoms with Crippen molar-refractivity contribution in [3.8, 4) is 0 Å². The Balaban J connectivity index is 1.91. The third-order valence-corrected chi connectivity index (χ3v) is 3.32. The number of methoxy groups -OCH3 is 1. The van der Waals surface area contributed by atoms with Crippen LogP contribution in [0.5, 0.6) is 0 Å². The van der Waals surface area contributed by atoms with Crippen LogP contribution in [-0.2, 0) is 22.5 Å². The van der Waals surface area contributed by atoms with Crippen molar-refractivity contribution in [1.82, 2.24) is 15.2 Å². The van der Waals surface area contributed by atoms with Crippen molar-refractivity contribution in [2.45, 2.75) is 19.9 Å². The summed E-state index contributed by atoms with van der Waals surface area (Å²) in [7, 11) is 1.37. The lowest BCUT2D eigenvalue weighted by atomic mass is 10.3. The van der Waals surface area contributed by atoms with Gasteiger partial charge in [-0.3, -0.25) is 9.89 Å². The Morgan fingerprint density at radius 3 is 3.11 bits per heavy atom. The number of aromatic nitrogens is 3.